The van der Waals surface area contributed by atoms with Crippen molar-refractivity contribution in [1.29, 1.82) is 0 Å². The molecule has 1 amide bonds. The average Bonchev–Trinajstić information content (AvgIpc) is 3.59. The van der Waals surface area contributed by atoms with Crippen LogP contribution >= 0.6 is 0 Å². The highest BCUT2D eigenvalue weighted by molar-refractivity contribution is 7.88. The molecule has 0 saturated heterocycles. The molecule has 224 valence electrons. The summed E-state index contributed by atoms with van der Waals surface area (Å²) >= 11 is 0. The van der Waals surface area contributed by atoms with Gasteiger partial charge in [0.2, 0.25) is 15.9 Å². The number of sulfonamides is 1. The number of halogens is 1. The van der Waals surface area contributed by atoms with E-state index in [4.69, 9.17) is 4.98 Å². The number of imidazole rings is 1. The monoisotopic (exact) mass is 613 g/mol. The van der Waals surface area contributed by atoms with E-state index in [1.54, 1.807) is 36.9 Å². The number of carbonyl (C=O) groups is 1. The molecule has 1 aromatic carbocycles. The zero-order valence-electron chi connectivity index (χ0n) is 24.0. The molecule has 0 aliphatic carbocycles. The molecule has 6 rings (SSSR count). The average molecular weight is 614 g/mol. The summed E-state index contributed by atoms with van der Waals surface area (Å²) in [5.41, 5.74) is 5.61. The van der Waals surface area contributed by atoms with Crippen LogP contribution in [-0.2, 0) is 21.4 Å². The Kier molecular flexibility index (Phi) is 7.61. The van der Waals surface area contributed by atoms with E-state index >= 15 is 0 Å². The molecule has 0 aliphatic heterocycles. The molecule has 4 N–H and O–H groups in total. The van der Waals surface area contributed by atoms with Crippen LogP contribution in [0, 0.1) is 11.7 Å². The van der Waals surface area contributed by atoms with Crippen LogP contribution in [0.3, 0.4) is 0 Å². The number of anilines is 1. The number of benzene rings is 1. The van der Waals surface area contributed by atoms with Crippen LogP contribution < -0.4 is 10.0 Å². The number of rotatable bonds is 9. The van der Waals surface area contributed by atoms with E-state index in [9.17, 15) is 17.6 Å². The van der Waals surface area contributed by atoms with E-state index in [1.807, 2.05) is 26.0 Å². The molecule has 12 nitrogen and oxygen atoms in total. The first-order valence-corrected chi connectivity index (χ1v) is 15.6. The lowest BCUT2D eigenvalue weighted by molar-refractivity contribution is -0.116. The van der Waals surface area contributed by atoms with E-state index in [-0.39, 0.29) is 18.4 Å². The summed E-state index contributed by atoms with van der Waals surface area (Å²) in [4.78, 5) is 33.6. The first-order chi connectivity index (χ1) is 21.0. The van der Waals surface area contributed by atoms with Crippen LogP contribution in [-0.4, -0.2) is 55.7 Å². The Bertz CT molecular complexity index is 2140. The number of nitrogens with one attached hydrogen (secondary N) is 4. The minimum atomic E-state index is -3.46. The van der Waals surface area contributed by atoms with Gasteiger partial charge in [0, 0.05) is 41.9 Å². The maximum Gasteiger partial charge on any atom is 0.224 e. The highest BCUT2D eigenvalue weighted by atomic mass is 32.2. The van der Waals surface area contributed by atoms with Gasteiger partial charge in [0.05, 0.1) is 46.8 Å². The maximum atomic E-state index is 14.6. The predicted octanol–water partition coefficient (Wildman–Crippen LogP) is 4.80. The fourth-order valence-electron chi connectivity index (χ4n) is 4.85. The number of carbonyl (C=O) groups excluding carboxylic acids is 1. The molecule has 0 radical (unpaired) electrons. The van der Waals surface area contributed by atoms with Crippen LogP contribution in [0.2, 0.25) is 0 Å². The highest BCUT2D eigenvalue weighted by Gasteiger charge is 2.18. The summed E-state index contributed by atoms with van der Waals surface area (Å²) in [7, 11) is -3.46. The normalized spacial score (nSPS) is 11.9. The van der Waals surface area contributed by atoms with E-state index in [1.165, 1.54) is 12.1 Å². The molecule has 0 unspecified atom stereocenters. The fourth-order valence-corrected chi connectivity index (χ4v) is 5.28. The standard InChI is InChI=1S/C30H28FN9O3S/c1-16(2)6-26(41)36-21-10-19(13-32-14-21)24-11-22-25(15-34-24)39-40-28(22)30-37-23-4-5-33-27(29(23)38-30)18-7-17(8-20(31)9-18)12-35-44(3,42)43/h4-5,7-11,13-16,35H,6,12H2,1-3H3,(H,36,41)(H,37,38)(H,39,40). The maximum absolute atomic E-state index is 14.6. The number of nitrogens with zero attached hydrogens (tertiary/aromatic N) is 5. The number of hydrogen-bond acceptors (Lipinski definition) is 8. The fraction of sp³-hybridized carbons (Fsp3) is 0.200. The number of aromatic amines is 2. The lowest BCUT2D eigenvalue weighted by atomic mass is 10.1. The van der Waals surface area contributed by atoms with Crippen LogP contribution in [0.15, 0.2) is 61.2 Å². The number of pyridine rings is 3. The minimum absolute atomic E-state index is 0.0657. The molecule has 44 heavy (non-hydrogen) atoms. The number of fused-ring (bicyclic) bond motifs is 2. The minimum Gasteiger partial charge on any atom is -0.336 e. The second-order valence-corrected chi connectivity index (χ2v) is 12.7. The van der Waals surface area contributed by atoms with Crippen molar-refractivity contribution in [3.63, 3.8) is 0 Å². The van der Waals surface area contributed by atoms with Crippen molar-refractivity contribution in [2.75, 3.05) is 11.6 Å². The van der Waals surface area contributed by atoms with Gasteiger partial charge in [-0.25, -0.2) is 22.5 Å². The second kappa shape index (κ2) is 11.5. The van der Waals surface area contributed by atoms with Gasteiger partial charge < -0.3 is 10.3 Å². The number of H-pyrrole nitrogens is 2. The molecule has 0 saturated carbocycles. The molecule has 0 atom stereocenters. The first-order valence-electron chi connectivity index (χ1n) is 13.7. The van der Waals surface area contributed by atoms with Crippen molar-refractivity contribution in [1.82, 2.24) is 39.8 Å². The van der Waals surface area contributed by atoms with Gasteiger partial charge >= 0.3 is 0 Å². The van der Waals surface area contributed by atoms with Crippen molar-refractivity contribution >= 4 is 43.6 Å². The van der Waals surface area contributed by atoms with Gasteiger partial charge in [-0.2, -0.15) is 5.10 Å². The van der Waals surface area contributed by atoms with Crippen LogP contribution in [0.4, 0.5) is 10.1 Å². The number of amides is 1. The molecule has 0 bridgehead atoms. The third-order valence-electron chi connectivity index (χ3n) is 6.75. The molecule has 6 aromatic rings. The third kappa shape index (κ3) is 6.31. The quantitative estimate of drug-likeness (QED) is 0.180. The van der Waals surface area contributed by atoms with Crippen molar-refractivity contribution in [2.45, 2.75) is 26.8 Å². The molecule has 14 heteroatoms. The lowest BCUT2D eigenvalue weighted by Gasteiger charge is -2.08. The largest absolute Gasteiger partial charge is 0.336 e. The molecule has 0 aliphatic rings. The number of aromatic nitrogens is 7. The van der Waals surface area contributed by atoms with Crippen LogP contribution in [0.5, 0.6) is 0 Å². The Labute approximate surface area is 251 Å². The Morgan fingerprint density at radius 2 is 1.84 bits per heavy atom. The van der Waals surface area contributed by atoms with Crippen molar-refractivity contribution < 1.29 is 17.6 Å². The number of hydrogen-bond donors (Lipinski definition) is 4. The molecule has 0 spiro atoms. The highest BCUT2D eigenvalue weighted by Crippen LogP contribution is 2.32. The SMILES string of the molecule is CC(C)CC(=O)Nc1cncc(-c2cc3c(-c4nc5c(-c6cc(F)cc(CNS(C)(=O)=O)c6)nccc5[nH]4)n[nH]c3cn2)c1. The van der Waals surface area contributed by atoms with Gasteiger partial charge in [-0.15, -0.1) is 0 Å². The summed E-state index contributed by atoms with van der Waals surface area (Å²) in [5, 5.41) is 11.1. The van der Waals surface area contributed by atoms with Crippen LogP contribution in [0.1, 0.15) is 25.8 Å². The van der Waals surface area contributed by atoms with Crippen molar-refractivity contribution in [3.8, 4) is 34.0 Å². The molecule has 5 aromatic heterocycles. The second-order valence-electron chi connectivity index (χ2n) is 10.9. The van der Waals surface area contributed by atoms with Gasteiger partial charge in [-0.05, 0) is 47.9 Å². The van der Waals surface area contributed by atoms with E-state index in [0.717, 1.165) is 11.6 Å². The Morgan fingerprint density at radius 3 is 2.64 bits per heavy atom. The van der Waals surface area contributed by atoms with E-state index in [0.29, 0.717) is 68.3 Å². The Morgan fingerprint density at radius 1 is 1.00 bits per heavy atom. The third-order valence-corrected chi connectivity index (χ3v) is 7.42. The van der Waals surface area contributed by atoms with Gasteiger partial charge in [-0.3, -0.25) is 24.8 Å². The van der Waals surface area contributed by atoms with Crippen molar-refractivity contribution in [3.05, 3.63) is 72.6 Å². The summed E-state index contributed by atoms with van der Waals surface area (Å²) < 4.78 is 40.1. The van der Waals surface area contributed by atoms with E-state index < -0.39 is 15.8 Å². The Hall–Kier alpha value is -5.08. The smallest absolute Gasteiger partial charge is 0.224 e. The first kappa shape index (κ1) is 29.0. The lowest BCUT2D eigenvalue weighted by Crippen LogP contribution is -2.21. The van der Waals surface area contributed by atoms with Gasteiger partial charge in [0.25, 0.3) is 0 Å². The molecular formula is C30H28FN9O3S. The molecular weight excluding hydrogens is 585 g/mol. The zero-order valence-corrected chi connectivity index (χ0v) is 24.8. The summed E-state index contributed by atoms with van der Waals surface area (Å²) in [6, 6.07) is 9.71. The van der Waals surface area contributed by atoms with Crippen LogP contribution in [0.25, 0.3) is 56.0 Å². The summed E-state index contributed by atoms with van der Waals surface area (Å²) in [6.07, 6.45) is 7.96. The van der Waals surface area contributed by atoms with Gasteiger partial charge in [0.15, 0.2) is 5.82 Å². The van der Waals surface area contributed by atoms with Crippen molar-refractivity contribution in [2.24, 2.45) is 5.92 Å². The molecule has 0 fully saturated rings. The molecule has 5 heterocycles. The Balaban J connectivity index is 1.36. The summed E-state index contributed by atoms with van der Waals surface area (Å²) in [6.45, 7) is 3.90. The topological polar surface area (TPSA) is 171 Å². The zero-order chi connectivity index (χ0) is 31.0. The van der Waals surface area contributed by atoms with Gasteiger partial charge in [0.1, 0.15) is 17.0 Å². The van der Waals surface area contributed by atoms with E-state index in [2.05, 4.69) is 40.2 Å². The predicted molar refractivity (Wildman–Crippen MR) is 165 cm³/mol. The van der Waals surface area contributed by atoms with Gasteiger partial charge in [-0.1, -0.05) is 13.8 Å². The summed E-state index contributed by atoms with van der Waals surface area (Å²) in [5.74, 6) is 0.0771.